The van der Waals surface area contributed by atoms with Gasteiger partial charge in [-0.05, 0) is 37.8 Å². The molecule has 1 aliphatic rings. The Balaban J connectivity index is 1.89. The van der Waals surface area contributed by atoms with E-state index in [1.807, 2.05) is 12.1 Å². The molecule has 1 N–H and O–H groups in total. The van der Waals surface area contributed by atoms with Gasteiger partial charge in [0.2, 0.25) is 0 Å². The highest BCUT2D eigenvalue weighted by atomic mass is 16.4. The molecular formula is C15H18N2O3. The summed E-state index contributed by atoms with van der Waals surface area (Å²) in [6.07, 6.45) is 7.62. The van der Waals surface area contributed by atoms with Crippen LogP contribution in [0.15, 0.2) is 29.0 Å². The van der Waals surface area contributed by atoms with Gasteiger partial charge in [-0.15, -0.1) is 0 Å². The van der Waals surface area contributed by atoms with Crippen LogP contribution >= 0.6 is 0 Å². The number of piperidine rings is 1. The fourth-order valence-electron chi connectivity index (χ4n) is 2.98. The molecule has 106 valence electrons. The predicted molar refractivity (Wildman–Crippen MR) is 75.9 cm³/mol. The van der Waals surface area contributed by atoms with Crippen LogP contribution in [0.1, 0.15) is 32.1 Å². The number of aromatic nitrogens is 1. The third kappa shape index (κ3) is 2.48. The highest BCUT2D eigenvalue weighted by Gasteiger charge is 2.25. The van der Waals surface area contributed by atoms with Gasteiger partial charge in [0.25, 0.3) is 0 Å². The van der Waals surface area contributed by atoms with Gasteiger partial charge in [0.15, 0.2) is 0 Å². The zero-order chi connectivity index (χ0) is 13.9. The number of fused-ring (bicyclic) bond motifs is 1. The van der Waals surface area contributed by atoms with E-state index in [9.17, 15) is 4.79 Å². The number of hydrogen-bond donors (Lipinski definition) is 1. The standard InChI is InChI=1S/C15H18N2O3/c18-14(19)5-4-11-3-1-2-9-17(11)15-12-7-10-20-13(12)6-8-16-15/h6-8,10-11H,1-5,9H2,(H,18,19). The molecule has 0 spiro atoms. The van der Waals surface area contributed by atoms with Crippen LogP contribution < -0.4 is 4.90 Å². The molecule has 1 unspecified atom stereocenters. The summed E-state index contributed by atoms with van der Waals surface area (Å²) in [6, 6.07) is 4.04. The number of furan rings is 1. The summed E-state index contributed by atoms with van der Waals surface area (Å²) in [7, 11) is 0. The van der Waals surface area contributed by atoms with Gasteiger partial charge in [0, 0.05) is 25.2 Å². The second-order valence-electron chi connectivity index (χ2n) is 5.24. The minimum atomic E-state index is -0.731. The van der Waals surface area contributed by atoms with Gasteiger partial charge < -0.3 is 14.4 Å². The Morgan fingerprint density at radius 2 is 2.35 bits per heavy atom. The minimum absolute atomic E-state index is 0.211. The van der Waals surface area contributed by atoms with Crippen molar-refractivity contribution < 1.29 is 14.3 Å². The number of rotatable bonds is 4. The molecule has 1 fully saturated rings. The van der Waals surface area contributed by atoms with E-state index in [-0.39, 0.29) is 12.5 Å². The molecule has 0 aromatic carbocycles. The van der Waals surface area contributed by atoms with Crippen molar-refractivity contribution >= 4 is 22.8 Å². The summed E-state index contributed by atoms with van der Waals surface area (Å²) in [5.74, 6) is 0.191. The molecule has 2 aromatic rings. The van der Waals surface area contributed by atoms with Gasteiger partial charge in [-0.1, -0.05) is 0 Å². The highest BCUT2D eigenvalue weighted by molar-refractivity contribution is 5.88. The summed E-state index contributed by atoms with van der Waals surface area (Å²) in [5.41, 5.74) is 0.831. The summed E-state index contributed by atoms with van der Waals surface area (Å²) >= 11 is 0. The Labute approximate surface area is 117 Å². The molecule has 5 nitrogen and oxygen atoms in total. The first-order chi connectivity index (χ1) is 9.75. The first kappa shape index (κ1) is 13.0. The van der Waals surface area contributed by atoms with E-state index in [1.54, 1.807) is 12.5 Å². The maximum absolute atomic E-state index is 10.8. The van der Waals surface area contributed by atoms with E-state index >= 15 is 0 Å². The van der Waals surface area contributed by atoms with Crippen LogP contribution in [0.2, 0.25) is 0 Å². The molecule has 1 aliphatic heterocycles. The second kappa shape index (κ2) is 5.53. The number of hydrogen-bond acceptors (Lipinski definition) is 4. The summed E-state index contributed by atoms with van der Waals surface area (Å²) in [5, 5.41) is 9.90. The first-order valence-corrected chi connectivity index (χ1v) is 7.06. The normalized spacial score (nSPS) is 19.4. The first-order valence-electron chi connectivity index (χ1n) is 7.06. The predicted octanol–water partition coefficient (Wildman–Crippen LogP) is 3.05. The van der Waals surface area contributed by atoms with Crippen LogP contribution in [-0.4, -0.2) is 28.6 Å². The van der Waals surface area contributed by atoms with Crippen molar-refractivity contribution in [3.8, 4) is 0 Å². The topological polar surface area (TPSA) is 66.6 Å². The number of carboxylic acid groups (broad SMARTS) is 1. The van der Waals surface area contributed by atoms with Crippen molar-refractivity contribution in [2.45, 2.75) is 38.1 Å². The lowest BCUT2D eigenvalue weighted by Gasteiger charge is -2.36. The summed E-state index contributed by atoms with van der Waals surface area (Å²) in [6.45, 7) is 0.932. The largest absolute Gasteiger partial charge is 0.481 e. The van der Waals surface area contributed by atoms with Crippen molar-refractivity contribution in [1.29, 1.82) is 0 Å². The van der Waals surface area contributed by atoms with Crippen molar-refractivity contribution in [2.24, 2.45) is 0 Å². The van der Waals surface area contributed by atoms with Gasteiger partial charge >= 0.3 is 5.97 Å². The maximum atomic E-state index is 10.8. The highest BCUT2D eigenvalue weighted by Crippen LogP contribution is 2.31. The lowest BCUT2D eigenvalue weighted by molar-refractivity contribution is -0.137. The van der Waals surface area contributed by atoms with Gasteiger partial charge in [-0.3, -0.25) is 4.79 Å². The Morgan fingerprint density at radius 1 is 1.45 bits per heavy atom. The molecule has 5 heteroatoms. The lowest BCUT2D eigenvalue weighted by atomic mass is 9.97. The van der Waals surface area contributed by atoms with E-state index in [0.717, 1.165) is 42.6 Å². The lowest BCUT2D eigenvalue weighted by Crippen LogP contribution is -2.40. The van der Waals surface area contributed by atoms with Crippen molar-refractivity contribution in [3.63, 3.8) is 0 Å². The van der Waals surface area contributed by atoms with E-state index < -0.39 is 5.97 Å². The van der Waals surface area contributed by atoms with Crippen LogP contribution in [0, 0.1) is 0 Å². The van der Waals surface area contributed by atoms with Gasteiger partial charge in [0.1, 0.15) is 11.4 Å². The van der Waals surface area contributed by atoms with E-state index in [4.69, 9.17) is 9.52 Å². The number of pyridine rings is 1. The Bertz CT molecular complexity index is 608. The summed E-state index contributed by atoms with van der Waals surface area (Å²) < 4.78 is 5.42. The molecule has 1 atom stereocenters. The molecule has 20 heavy (non-hydrogen) atoms. The molecule has 3 rings (SSSR count). The maximum Gasteiger partial charge on any atom is 0.303 e. The number of carboxylic acids is 1. The molecular weight excluding hydrogens is 256 g/mol. The molecule has 0 radical (unpaired) electrons. The Hall–Kier alpha value is -2.04. The van der Waals surface area contributed by atoms with Crippen LogP contribution in [0.4, 0.5) is 5.82 Å². The third-order valence-electron chi connectivity index (χ3n) is 3.95. The molecule has 0 bridgehead atoms. The molecule has 0 amide bonds. The van der Waals surface area contributed by atoms with E-state index in [1.165, 1.54) is 0 Å². The third-order valence-corrected chi connectivity index (χ3v) is 3.95. The van der Waals surface area contributed by atoms with Crippen molar-refractivity contribution in [3.05, 3.63) is 24.6 Å². The summed E-state index contributed by atoms with van der Waals surface area (Å²) in [4.78, 5) is 17.6. The average molecular weight is 274 g/mol. The van der Waals surface area contributed by atoms with Crippen LogP contribution in [0.3, 0.4) is 0 Å². The second-order valence-corrected chi connectivity index (χ2v) is 5.24. The number of carbonyl (C=O) groups is 1. The smallest absolute Gasteiger partial charge is 0.303 e. The van der Waals surface area contributed by atoms with Crippen LogP contribution in [0.25, 0.3) is 11.0 Å². The fourth-order valence-corrected chi connectivity index (χ4v) is 2.98. The zero-order valence-electron chi connectivity index (χ0n) is 11.3. The molecule has 2 aromatic heterocycles. The quantitative estimate of drug-likeness (QED) is 0.928. The fraction of sp³-hybridized carbons (Fsp3) is 0.467. The van der Waals surface area contributed by atoms with Gasteiger partial charge in [-0.25, -0.2) is 4.98 Å². The van der Waals surface area contributed by atoms with E-state index in [2.05, 4.69) is 9.88 Å². The average Bonchev–Trinajstić information content (AvgIpc) is 2.93. The van der Waals surface area contributed by atoms with Crippen molar-refractivity contribution in [2.75, 3.05) is 11.4 Å². The molecule has 0 saturated carbocycles. The zero-order valence-corrected chi connectivity index (χ0v) is 11.3. The SMILES string of the molecule is O=C(O)CCC1CCCCN1c1nccc2occc12. The van der Waals surface area contributed by atoms with Crippen molar-refractivity contribution in [1.82, 2.24) is 4.98 Å². The van der Waals surface area contributed by atoms with Crippen LogP contribution in [-0.2, 0) is 4.79 Å². The van der Waals surface area contributed by atoms with Crippen LogP contribution in [0.5, 0.6) is 0 Å². The van der Waals surface area contributed by atoms with Gasteiger partial charge in [0.05, 0.1) is 11.6 Å². The minimum Gasteiger partial charge on any atom is -0.481 e. The number of nitrogens with zero attached hydrogens (tertiary/aromatic N) is 2. The molecule has 0 aliphatic carbocycles. The molecule has 1 saturated heterocycles. The monoisotopic (exact) mass is 274 g/mol. The molecule has 3 heterocycles. The Morgan fingerprint density at radius 3 is 3.20 bits per heavy atom. The number of anilines is 1. The Kier molecular flexibility index (Phi) is 3.58. The number of aliphatic carboxylic acids is 1. The van der Waals surface area contributed by atoms with Gasteiger partial charge in [-0.2, -0.15) is 0 Å². The van der Waals surface area contributed by atoms with E-state index in [0.29, 0.717) is 6.42 Å².